The van der Waals surface area contributed by atoms with Crippen LogP contribution in [0.2, 0.25) is 0 Å². The van der Waals surface area contributed by atoms with Crippen molar-refractivity contribution in [2.45, 2.75) is 206 Å². The van der Waals surface area contributed by atoms with Crippen LogP contribution in [-0.2, 0) is 32.7 Å². The third-order valence-electron chi connectivity index (χ3n) is 10.1. The average molecular weight is 905 g/mol. The quantitative estimate of drug-likeness (QED) is 0.0233. The maximum Gasteiger partial charge on any atom is 0.472 e. The molecule has 0 aromatic heterocycles. The van der Waals surface area contributed by atoms with Gasteiger partial charge in [-0.2, -0.15) is 0 Å². The normalized spacial score (nSPS) is 14.4. The first-order valence-electron chi connectivity index (χ1n) is 24.5. The Kier molecular flexibility index (Phi) is 45.0. The van der Waals surface area contributed by atoms with E-state index in [1.165, 1.54) is 51.4 Å². The van der Waals surface area contributed by atoms with Crippen LogP contribution in [0, 0.1) is 0 Å². The number of aliphatic hydroxyl groups is 2. The summed E-state index contributed by atoms with van der Waals surface area (Å²) in [5.74, 6) is -1.04. The molecule has 0 saturated carbocycles. The van der Waals surface area contributed by atoms with E-state index < -0.39 is 58.4 Å². The van der Waals surface area contributed by atoms with Gasteiger partial charge in [0.2, 0.25) is 0 Å². The third-order valence-corrected chi connectivity index (χ3v) is 11.1. The molecule has 0 rings (SSSR count). The van der Waals surface area contributed by atoms with Gasteiger partial charge in [-0.05, 0) is 83.5 Å². The first-order valence-corrected chi connectivity index (χ1v) is 26.0. The molecule has 10 nitrogen and oxygen atoms in total. The summed E-state index contributed by atoms with van der Waals surface area (Å²) in [4.78, 5) is 34.7. The lowest BCUT2D eigenvalue weighted by Crippen LogP contribution is -2.28. The van der Waals surface area contributed by atoms with Crippen LogP contribution in [-0.4, -0.2) is 65.7 Å². The number of phosphoric ester groups is 1. The molecule has 3 N–H and O–H groups in total. The minimum absolute atomic E-state index is 0.177. The van der Waals surface area contributed by atoms with Crippen LogP contribution in [0.15, 0.2) is 85.1 Å². The Morgan fingerprint density at radius 1 is 0.429 bits per heavy atom. The highest BCUT2D eigenvalue weighted by Gasteiger charge is 2.27. The second-order valence-electron chi connectivity index (χ2n) is 16.0. The number of rotatable bonds is 45. The van der Waals surface area contributed by atoms with E-state index in [0.717, 1.165) is 103 Å². The third kappa shape index (κ3) is 45.5. The molecular weight excluding hydrogens is 816 g/mol. The highest BCUT2D eigenvalue weighted by Crippen LogP contribution is 2.43. The van der Waals surface area contributed by atoms with E-state index in [0.29, 0.717) is 12.8 Å². The Labute approximate surface area is 383 Å². The number of aliphatic hydroxyl groups excluding tert-OH is 2. The fourth-order valence-electron chi connectivity index (χ4n) is 6.41. The van der Waals surface area contributed by atoms with Gasteiger partial charge >= 0.3 is 19.8 Å². The van der Waals surface area contributed by atoms with E-state index >= 15 is 0 Å². The largest absolute Gasteiger partial charge is 0.472 e. The number of hydrogen-bond donors (Lipinski definition) is 3. The molecule has 0 radical (unpaired) electrons. The number of ether oxygens (including phenoxy) is 2. The van der Waals surface area contributed by atoms with Crippen molar-refractivity contribution in [2.24, 2.45) is 0 Å². The summed E-state index contributed by atoms with van der Waals surface area (Å²) in [7, 11) is -4.65. The lowest BCUT2D eigenvalue weighted by Gasteiger charge is -2.20. The van der Waals surface area contributed by atoms with Gasteiger partial charge in [0.05, 0.1) is 26.4 Å². The smallest absolute Gasteiger partial charge is 0.457 e. The average Bonchev–Trinajstić information content (AvgIpc) is 3.27. The number of unbranched alkanes of at least 4 members (excludes halogenated alkanes) is 17. The molecule has 11 heteroatoms. The molecule has 0 aliphatic rings. The maximum absolute atomic E-state index is 12.4. The summed E-state index contributed by atoms with van der Waals surface area (Å²) < 4.78 is 32.7. The Morgan fingerprint density at radius 2 is 0.698 bits per heavy atom. The zero-order valence-electron chi connectivity index (χ0n) is 39.5. The van der Waals surface area contributed by atoms with Crippen LogP contribution >= 0.6 is 7.82 Å². The lowest BCUT2D eigenvalue weighted by molar-refractivity contribution is -0.153. The summed E-state index contributed by atoms with van der Waals surface area (Å²) in [6.45, 7) is 1.97. The van der Waals surface area contributed by atoms with E-state index in [2.05, 4.69) is 98.9 Å². The molecule has 0 heterocycles. The predicted octanol–water partition coefficient (Wildman–Crippen LogP) is 13.8. The zero-order valence-corrected chi connectivity index (χ0v) is 40.4. The summed E-state index contributed by atoms with van der Waals surface area (Å²) in [5.41, 5.74) is 0. The second kappa shape index (κ2) is 47.1. The van der Waals surface area contributed by atoms with E-state index in [-0.39, 0.29) is 12.8 Å². The molecule has 0 fully saturated rings. The van der Waals surface area contributed by atoms with Crippen LogP contribution in [0.1, 0.15) is 194 Å². The van der Waals surface area contributed by atoms with Crippen molar-refractivity contribution in [1.29, 1.82) is 0 Å². The Hall–Kier alpha value is -2.85. The monoisotopic (exact) mass is 905 g/mol. The number of hydrogen-bond acceptors (Lipinski definition) is 9. The van der Waals surface area contributed by atoms with Crippen molar-refractivity contribution in [3.63, 3.8) is 0 Å². The predicted molar refractivity (Wildman–Crippen MR) is 260 cm³/mol. The van der Waals surface area contributed by atoms with Crippen molar-refractivity contribution >= 4 is 19.8 Å². The maximum atomic E-state index is 12.4. The van der Waals surface area contributed by atoms with Crippen molar-refractivity contribution in [1.82, 2.24) is 0 Å². The molecule has 0 saturated heterocycles. The van der Waals surface area contributed by atoms with E-state index in [1.54, 1.807) is 0 Å². The molecule has 3 atom stereocenters. The van der Waals surface area contributed by atoms with E-state index in [9.17, 15) is 29.3 Å². The topological polar surface area (TPSA) is 149 Å². The van der Waals surface area contributed by atoms with Gasteiger partial charge < -0.3 is 24.6 Å². The summed E-state index contributed by atoms with van der Waals surface area (Å²) in [6.07, 6.45) is 56.9. The van der Waals surface area contributed by atoms with Crippen molar-refractivity contribution in [3.05, 3.63) is 85.1 Å². The Bertz CT molecular complexity index is 1320. The van der Waals surface area contributed by atoms with Crippen LogP contribution in [0.5, 0.6) is 0 Å². The van der Waals surface area contributed by atoms with Gasteiger partial charge in [-0.3, -0.25) is 18.6 Å². The molecular formula is C52H89O10P. The standard InChI is InChI=1S/C52H89O10P/c1-3-5-7-9-11-13-15-17-19-21-22-23-24-25-26-28-30-32-34-36-38-40-42-44-52(56)62-50(46-54)48-60-63(57,58)59-47-49(45-53)61-51(55)43-41-39-37-35-33-31-29-27-20-18-16-14-12-10-8-6-4-2/h5-8,11-14,17-20,22-23,49-50,53-54H,3-4,9-10,15-16,21,24-48H2,1-2H3,(H,57,58)/b7-5-,8-6-,13-11-,14-12-,19-17-,20-18-,23-22-. The molecule has 362 valence electrons. The minimum atomic E-state index is -4.65. The molecule has 63 heavy (non-hydrogen) atoms. The molecule has 0 bridgehead atoms. The minimum Gasteiger partial charge on any atom is -0.457 e. The molecule has 0 aliphatic carbocycles. The number of phosphoric acid groups is 1. The molecule has 0 amide bonds. The first kappa shape index (κ1) is 60.2. The number of carbonyl (C=O) groups is 2. The zero-order chi connectivity index (χ0) is 46.2. The fourth-order valence-corrected chi connectivity index (χ4v) is 7.20. The molecule has 0 aliphatic heterocycles. The summed E-state index contributed by atoms with van der Waals surface area (Å²) >= 11 is 0. The van der Waals surface area contributed by atoms with Crippen molar-refractivity contribution in [3.8, 4) is 0 Å². The molecule has 0 aromatic carbocycles. The highest BCUT2D eigenvalue weighted by atomic mass is 31.2. The van der Waals surface area contributed by atoms with Crippen LogP contribution < -0.4 is 0 Å². The van der Waals surface area contributed by atoms with E-state index in [4.69, 9.17) is 18.5 Å². The van der Waals surface area contributed by atoms with Crippen LogP contribution in [0.3, 0.4) is 0 Å². The fraction of sp³-hybridized carbons (Fsp3) is 0.692. The Morgan fingerprint density at radius 3 is 1.00 bits per heavy atom. The lowest BCUT2D eigenvalue weighted by atomic mass is 10.0. The SMILES string of the molecule is CC/C=C\C/C=C\C/C=C\C/C=C\CCCCCCCCCCCCC(=O)OC(CO)COP(=O)(O)OCC(CO)OC(=O)CCCCCCCCC/C=C\C/C=C\C/C=C\CC. The summed E-state index contributed by atoms with van der Waals surface area (Å²) in [6, 6.07) is 0. The highest BCUT2D eigenvalue weighted by molar-refractivity contribution is 7.47. The van der Waals surface area contributed by atoms with Gasteiger partial charge in [0.1, 0.15) is 12.2 Å². The van der Waals surface area contributed by atoms with Gasteiger partial charge in [0.25, 0.3) is 0 Å². The second-order valence-corrected chi connectivity index (χ2v) is 17.5. The van der Waals surface area contributed by atoms with Crippen LogP contribution in [0.4, 0.5) is 0 Å². The molecule has 3 unspecified atom stereocenters. The Balaban J connectivity index is 3.88. The molecule has 0 spiro atoms. The first-order chi connectivity index (χ1) is 30.8. The number of allylic oxidation sites excluding steroid dienone is 14. The van der Waals surface area contributed by atoms with Gasteiger partial charge in [-0.15, -0.1) is 0 Å². The van der Waals surface area contributed by atoms with E-state index in [1.807, 2.05) is 0 Å². The van der Waals surface area contributed by atoms with Gasteiger partial charge in [-0.25, -0.2) is 4.57 Å². The van der Waals surface area contributed by atoms with Gasteiger partial charge in [-0.1, -0.05) is 182 Å². The number of carbonyl (C=O) groups excluding carboxylic acids is 2. The number of esters is 2. The summed E-state index contributed by atoms with van der Waals surface area (Å²) in [5, 5.41) is 19.2. The van der Waals surface area contributed by atoms with Gasteiger partial charge in [0, 0.05) is 12.8 Å². The van der Waals surface area contributed by atoms with Crippen molar-refractivity contribution < 1.29 is 47.8 Å². The molecule has 0 aromatic rings. The van der Waals surface area contributed by atoms with Crippen molar-refractivity contribution in [2.75, 3.05) is 26.4 Å². The van der Waals surface area contributed by atoms with Gasteiger partial charge in [0.15, 0.2) is 0 Å². The van der Waals surface area contributed by atoms with Crippen LogP contribution in [0.25, 0.3) is 0 Å².